The van der Waals surface area contributed by atoms with Gasteiger partial charge >= 0.3 is 0 Å². The van der Waals surface area contributed by atoms with Crippen LogP contribution in [-0.2, 0) is 10.3 Å². The highest BCUT2D eigenvalue weighted by Crippen LogP contribution is 2.55. The molecule has 0 unspecified atom stereocenters. The Morgan fingerprint density at radius 1 is 1.50 bits per heavy atom. The molecule has 2 N–H and O–H groups in total. The molecule has 1 saturated carbocycles. The first-order chi connectivity index (χ1) is 7.52. The van der Waals surface area contributed by atoms with E-state index < -0.39 is 5.54 Å². The smallest absolute Gasteiger partial charge is 0.235 e. The summed E-state index contributed by atoms with van der Waals surface area (Å²) >= 11 is 5.91. The first-order valence-corrected chi connectivity index (χ1v) is 5.20. The number of phenolic OH excluding ortho intramolecular Hbond substituents is 2. The van der Waals surface area contributed by atoms with Gasteiger partial charge in [-0.3, -0.25) is 0 Å². The Labute approximate surface area is 97.2 Å². The maximum Gasteiger partial charge on any atom is 0.235 e. The van der Waals surface area contributed by atoms with Crippen molar-refractivity contribution in [2.45, 2.75) is 25.3 Å². The van der Waals surface area contributed by atoms with Crippen LogP contribution in [0.15, 0.2) is 11.1 Å². The van der Waals surface area contributed by atoms with Crippen LogP contribution in [-0.4, -0.2) is 16.3 Å². The second kappa shape index (κ2) is 3.51. The van der Waals surface area contributed by atoms with Gasteiger partial charge in [-0.05, 0) is 25.3 Å². The molecule has 1 fully saturated rings. The van der Waals surface area contributed by atoms with Crippen LogP contribution in [0.1, 0.15) is 24.0 Å². The number of nitrogens with zero attached hydrogens (tertiary/aromatic N) is 1. The molecule has 0 heterocycles. The molecule has 1 aromatic rings. The van der Waals surface area contributed by atoms with E-state index in [0.717, 1.165) is 0 Å². The van der Waals surface area contributed by atoms with E-state index in [1.54, 1.807) is 6.92 Å². The summed E-state index contributed by atoms with van der Waals surface area (Å²) in [6.45, 7) is 1.72. The van der Waals surface area contributed by atoms with Gasteiger partial charge in [0.25, 0.3) is 0 Å². The Bertz CT molecular complexity index is 476. The molecular weight excluding hydrogens is 230 g/mol. The predicted molar refractivity (Wildman–Crippen MR) is 58.6 cm³/mol. The lowest BCUT2D eigenvalue weighted by molar-refractivity contribution is 0.394. The Hall–Kier alpha value is -1.51. The zero-order valence-corrected chi connectivity index (χ0v) is 9.38. The molecule has 0 aliphatic heterocycles. The summed E-state index contributed by atoms with van der Waals surface area (Å²) in [7, 11) is 0. The van der Waals surface area contributed by atoms with E-state index >= 15 is 0 Å². The SMILES string of the molecule is Cc1c(Cl)cc(O)c(O)c1C1(N=C=O)CC1. The van der Waals surface area contributed by atoms with Gasteiger partial charge in [-0.15, -0.1) is 0 Å². The van der Waals surface area contributed by atoms with Crippen LogP contribution in [0.25, 0.3) is 0 Å². The van der Waals surface area contributed by atoms with Crippen LogP contribution in [0.4, 0.5) is 0 Å². The number of benzene rings is 1. The largest absolute Gasteiger partial charge is 0.504 e. The maximum absolute atomic E-state index is 10.4. The second-order valence-electron chi connectivity index (χ2n) is 3.96. The van der Waals surface area contributed by atoms with Crippen LogP contribution in [0.5, 0.6) is 11.5 Å². The van der Waals surface area contributed by atoms with Gasteiger partial charge < -0.3 is 10.2 Å². The molecule has 0 aromatic heterocycles. The van der Waals surface area contributed by atoms with Gasteiger partial charge in [-0.2, -0.15) is 4.99 Å². The van der Waals surface area contributed by atoms with Crippen molar-refractivity contribution in [3.8, 4) is 11.5 Å². The molecule has 1 aliphatic carbocycles. The summed E-state index contributed by atoms with van der Waals surface area (Å²) in [6.07, 6.45) is 2.80. The van der Waals surface area contributed by atoms with E-state index in [4.69, 9.17) is 11.6 Å². The Morgan fingerprint density at radius 3 is 2.62 bits per heavy atom. The summed E-state index contributed by atoms with van der Waals surface area (Å²) < 4.78 is 0. The zero-order chi connectivity index (χ0) is 11.9. The fraction of sp³-hybridized carbons (Fsp3) is 0.364. The molecule has 0 radical (unpaired) electrons. The lowest BCUT2D eigenvalue weighted by Gasteiger charge is -2.16. The Balaban J connectivity index is 2.69. The maximum atomic E-state index is 10.4. The van der Waals surface area contributed by atoms with E-state index in [2.05, 4.69) is 4.99 Å². The van der Waals surface area contributed by atoms with Crippen molar-refractivity contribution in [3.63, 3.8) is 0 Å². The topological polar surface area (TPSA) is 69.9 Å². The molecule has 1 aliphatic rings. The Kier molecular flexibility index (Phi) is 2.41. The quantitative estimate of drug-likeness (QED) is 0.473. The van der Waals surface area contributed by atoms with Crippen molar-refractivity contribution in [1.82, 2.24) is 0 Å². The highest BCUT2D eigenvalue weighted by atomic mass is 35.5. The molecule has 0 atom stereocenters. The first kappa shape index (κ1) is 11.0. The highest BCUT2D eigenvalue weighted by molar-refractivity contribution is 6.31. The van der Waals surface area contributed by atoms with Crippen molar-refractivity contribution in [3.05, 3.63) is 22.2 Å². The minimum Gasteiger partial charge on any atom is -0.504 e. The number of carbonyl (C=O) groups excluding carboxylic acids is 1. The van der Waals surface area contributed by atoms with Gasteiger partial charge in [0.05, 0.1) is 0 Å². The molecule has 0 bridgehead atoms. The number of hydrogen-bond acceptors (Lipinski definition) is 4. The minimum atomic E-state index is -0.738. The third-order valence-electron chi connectivity index (χ3n) is 2.92. The van der Waals surface area contributed by atoms with E-state index in [1.807, 2.05) is 0 Å². The third-order valence-corrected chi connectivity index (χ3v) is 3.32. The normalized spacial score (nSPS) is 16.6. The number of phenols is 2. The van der Waals surface area contributed by atoms with Gasteiger partial charge in [0.1, 0.15) is 5.54 Å². The predicted octanol–water partition coefficient (Wildman–Crippen LogP) is 2.38. The van der Waals surface area contributed by atoms with E-state index in [0.29, 0.717) is 29.0 Å². The average molecular weight is 240 g/mol. The summed E-state index contributed by atoms with van der Waals surface area (Å²) in [5, 5.41) is 19.6. The molecule has 0 spiro atoms. The second-order valence-corrected chi connectivity index (χ2v) is 4.37. The monoisotopic (exact) mass is 239 g/mol. The van der Waals surface area contributed by atoms with Crippen LogP contribution in [0.3, 0.4) is 0 Å². The number of aromatic hydroxyl groups is 2. The first-order valence-electron chi connectivity index (χ1n) is 4.82. The van der Waals surface area contributed by atoms with Gasteiger partial charge in [0, 0.05) is 16.7 Å². The highest BCUT2D eigenvalue weighted by Gasteiger charge is 2.48. The van der Waals surface area contributed by atoms with Crippen molar-refractivity contribution in [2.75, 3.05) is 0 Å². The average Bonchev–Trinajstić information content (AvgIpc) is 2.97. The number of aliphatic imine (C=N–C) groups is 1. The number of halogens is 1. The van der Waals surface area contributed by atoms with Crippen molar-refractivity contribution < 1.29 is 15.0 Å². The molecule has 0 saturated heterocycles. The van der Waals surface area contributed by atoms with E-state index in [1.165, 1.54) is 12.1 Å². The van der Waals surface area contributed by atoms with Crippen molar-refractivity contribution >= 4 is 17.7 Å². The van der Waals surface area contributed by atoms with Crippen LogP contribution in [0, 0.1) is 6.92 Å². The fourth-order valence-corrected chi connectivity index (χ4v) is 2.11. The number of hydrogen-bond donors (Lipinski definition) is 2. The Morgan fingerprint density at radius 2 is 2.12 bits per heavy atom. The summed E-state index contributed by atoms with van der Waals surface area (Å²) in [5.74, 6) is -0.545. The van der Waals surface area contributed by atoms with E-state index in [-0.39, 0.29) is 11.5 Å². The van der Waals surface area contributed by atoms with Gasteiger partial charge in [-0.25, -0.2) is 4.79 Å². The lowest BCUT2D eigenvalue weighted by Crippen LogP contribution is -2.06. The zero-order valence-electron chi connectivity index (χ0n) is 8.62. The van der Waals surface area contributed by atoms with Crippen LogP contribution >= 0.6 is 11.6 Å². The summed E-state index contributed by atoms with van der Waals surface area (Å²) in [5.41, 5.74) is 0.326. The van der Waals surface area contributed by atoms with Crippen molar-refractivity contribution in [2.24, 2.45) is 4.99 Å². The van der Waals surface area contributed by atoms with Gasteiger partial charge in [0.2, 0.25) is 6.08 Å². The standard InChI is InChI=1S/C11H10ClNO3/c1-6-7(12)4-8(15)10(16)9(6)11(2-3-11)13-5-14/h4,15-16H,2-3H2,1H3. The van der Waals surface area contributed by atoms with Crippen LogP contribution < -0.4 is 0 Å². The molecule has 0 amide bonds. The third kappa shape index (κ3) is 1.47. The summed E-state index contributed by atoms with van der Waals surface area (Å²) in [6, 6.07) is 1.27. The molecule has 16 heavy (non-hydrogen) atoms. The van der Waals surface area contributed by atoms with Gasteiger partial charge in [0.15, 0.2) is 11.5 Å². The number of isocyanates is 1. The molecule has 1 aromatic carbocycles. The summed E-state index contributed by atoms with van der Waals surface area (Å²) in [4.78, 5) is 14.1. The molecule has 84 valence electrons. The minimum absolute atomic E-state index is 0.251. The van der Waals surface area contributed by atoms with Crippen molar-refractivity contribution in [1.29, 1.82) is 0 Å². The number of rotatable bonds is 2. The van der Waals surface area contributed by atoms with E-state index in [9.17, 15) is 15.0 Å². The molecule has 4 nitrogen and oxygen atoms in total. The lowest BCUT2D eigenvalue weighted by atomic mass is 9.98. The molecular formula is C11H10ClNO3. The van der Waals surface area contributed by atoms with Gasteiger partial charge in [-0.1, -0.05) is 11.6 Å². The molecule has 2 rings (SSSR count). The van der Waals surface area contributed by atoms with Crippen LogP contribution in [0.2, 0.25) is 5.02 Å². The fourth-order valence-electron chi connectivity index (χ4n) is 1.91. The molecule has 5 heteroatoms.